The van der Waals surface area contributed by atoms with E-state index >= 15 is 0 Å². The molecule has 6 rings (SSSR count). The van der Waals surface area contributed by atoms with E-state index in [1.165, 1.54) is 11.1 Å². The largest absolute Gasteiger partial charge is 0.490 e. The maximum Gasteiger partial charge on any atom is 0.161 e. The molecule has 0 radical (unpaired) electrons. The Morgan fingerprint density at radius 2 is 0.968 bits per heavy atom. The van der Waals surface area contributed by atoms with Crippen molar-refractivity contribution < 1.29 is 29.2 Å². The zero-order chi connectivity index (χ0) is 44.2. The van der Waals surface area contributed by atoms with Crippen LogP contribution < -0.4 is 39.4 Å². The van der Waals surface area contributed by atoms with Crippen LogP contribution in [0.15, 0.2) is 72.8 Å². The van der Waals surface area contributed by atoms with Crippen LogP contribution in [0.5, 0.6) is 23.0 Å². The van der Waals surface area contributed by atoms with Crippen LogP contribution in [0.4, 0.5) is 11.4 Å². The second-order valence-electron chi connectivity index (χ2n) is 16.6. The van der Waals surface area contributed by atoms with Gasteiger partial charge in [-0.05, 0) is 130 Å². The zero-order valence-electron chi connectivity index (χ0n) is 37.2. The number of unbranched alkanes of at least 4 members (excludes halogenated alkanes) is 2. The average molecular weight is 859 g/mol. The lowest BCUT2D eigenvalue weighted by atomic mass is 9.99. The Hall–Kier alpha value is -5.50. The Morgan fingerprint density at radius 1 is 0.571 bits per heavy atom. The summed E-state index contributed by atoms with van der Waals surface area (Å²) in [5, 5.41) is 45.4. The van der Waals surface area contributed by atoms with Crippen LogP contribution in [-0.4, -0.2) is 101 Å². The number of anilines is 2. The van der Waals surface area contributed by atoms with Gasteiger partial charge in [0, 0.05) is 64.6 Å². The molecule has 336 valence electrons. The smallest absolute Gasteiger partial charge is 0.161 e. The monoisotopic (exact) mass is 859 g/mol. The molecule has 2 unspecified atom stereocenters. The summed E-state index contributed by atoms with van der Waals surface area (Å²) in [5.74, 6) is 2.95. The molecule has 0 bridgehead atoms. The first kappa shape index (κ1) is 47.0. The topological polar surface area (TPSA) is 156 Å². The maximum atomic E-state index is 9.87. The number of nitrogens with zero attached hydrogens (tertiary/aromatic N) is 4. The fourth-order valence-electron chi connectivity index (χ4n) is 8.67. The van der Waals surface area contributed by atoms with E-state index in [2.05, 4.69) is 58.6 Å². The van der Waals surface area contributed by atoms with E-state index in [9.17, 15) is 20.7 Å². The second-order valence-corrected chi connectivity index (χ2v) is 16.6. The van der Waals surface area contributed by atoms with E-state index in [0.717, 1.165) is 128 Å². The molecule has 4 N–H and O–H groups in total. The fourth-order valence-corrected chi connectivity index (χ4v) is 8.67. The van der Waals surface area contributed by atoms with Crippen molar-refractivity contribution in [2.75, 3.05) is 88.7 Å². The number of hydrogen-bond donors (Lipinski definition) is 4. The Morgan fingerprint density at radius 3 is 1.35 bits per heavy atom. The predicted octanol–water partition coefficient (Wildman–Crippen LogP) is 6.75. The molecule has 12 heteroatoms. The molecular formula is C51H66N6O6. The van der Waals surface area contributed by atoms with E-state index in [4.69, 9.17) is 18.9 Å². The minimum absolute atomic E-state index is 0.157. The molecule has 12 nitrogen and oxygen atoms in total. The number of nitriles is 2. The van der Waals surface area contributed by atoms with Crippen LogP contribution in [0, 0.1) is 22.7 Å². The van der Waals surface area contributed by atoms with Crippen molar-refractivity contribution in [3.8, 4) is 35.1 Å². The third-order valence-corrected chi connectivity index (χ3v) is 11.6. The molecule has 2 aliphatic heterocycles. The minimum Gasteiger partial charge on any atom is -0.490 e. The maximum absolute atomic E-state index is 9.87. The number of hydrogen-bond acceptors (Lipinski definition) is 12. The number of para-hydroxylation sites is 4. The molecule has 0 fully saturated rings. The standard InChI is InChI=1S/C51H66N6O6/c1-38(30-40-32-42-16-22-56(20-10-24-58)50(42)44(34-40)36-52)54-18-28-62-48-14-6-4-12-46(48)60-26-8-3-9-27-61-47-13-5-7-15-49(47)63-29-19-55-39(2)31-41-33-43-17-23-57(21-11-25-59)51(43)45(35-41)37-53/h4-7,12-15,32-35,38-39,54-55,58-59H,3,8-11,16-31H2,1-2H3. The molecule has 2 atom stereocenters. The fraction of sp³-hybridized carbons (Fsp3) is 0.490. The lowest BCUT2D eigenvalue weighted by Gasteiger charge is -2.21. The number of aliphatic hydroxyl groups excluding tert-OH is 2. The zero-order valence-corrected chi connectivity index (χ0v) is 37.2. The lowest BCUT2D eigenvalue weighted by Crippen LogP contribution is -2.32. The quantitative estimate of drug-likeness (QED) is 0.0447. The molecule has 2 heterocycles. The number of fused-ring (bicyclic) bond motifs is 2. The number of rotatable bonds is 28. The second kappa shape index (κ2) is 25.0. The van der Waals surface area contributed by atoms with Crippen molar-refractivity contribution in [2.45, 2.75) is 83.7 Å². The molecule has 0 spiro atoms. The van der Waals surface area contributed by atoms with E-state index in [1.54, 1.807) is 0 Å². The van der Waals surface area contributed by atoms with Crippen molar-refractivity contribution in [3.63, 3.8) is 0 Å². The van der Waals surface area contributed by atoms with Crippen LogP contribution in [-0.2, 0) is 25.7 Å². The van der Waals surface area contributed by atoms with Crippen LogP contribution in [0.2, 0.25) is 0 Å². The highest BCUT2D eigenvalue weighted by Crippen LogP contribution is 2.35. The molecule has 63 heavy (non-hydrogen) atoms. The first-order valence-electron chi connectivity index (χ1n) is 22.9. The molecule has 0 aromatic heterocycles. The number of benzene rings is 4. The van der Waals surface area contributed by atoms with Gasteiger partial charge in [-0.25, -0.2) is 0 Å². The normalized spacial score (nSPS) is 13.8. The summed E-state index contributed by atoms with van der Waals surface area (Å²) in [6.45, 7) is 11.5. The summed E-state index contributed by atoms with van der Waals surface area (Å²) in [6.07, 6.45) is 7.65. The first-order chi connectivity index (χ1) is 30.9. The molecule has 0 aliphatic carbocycles. The van der Waals surface area contributed by atoms with Crippen molar-refractivity contribution in [3.05, 3.63) is 106 Å². The van der Waals surface area contributed by atoms with Gasteiger partial charge in [0.15, 0.2) is 23.0 Å². The SMILES string of the molecule is CC(Cc1cc(C#N)c2c(c1)CCN2CCCO)NCCOc1ccccc1OCCCCCOc1ccccc1OCCNC(C)Cc1cc(C#N)c2c(c1)CCN2CCCO. The summed E-state index contributed by atoms with van der Waals surface area (Å²) in [6, 6.07) is 29.4. The van der Waals surface area contributed by atoms with E-state index in [1.807, 2.05) is 60.7 Å². The van der Waals surface area contributed by atoms with Gasteiger partial charge in [-0.15, -0.1) is 0 Å². The Kier molecular flexibility index (Phi) is 18.6. The van der Waals surface area contributed by atoms with Gasteiger partial charge in [0.05, 0.1) is 35.7 Å². The third kappa shape index (κ3) is 13.7. The van der Waals surface area contributed by atoms with Gasteiger partial charge in [-0.2, -0.15) is 10.5 Å². The molecule has 2 aliphatic rings. The number of ether oxygens (including phenoxy) is 4. The molecule has 0 saturated carbocycles. The minimum atomic E-state index is 0.157. The Balaban J connectivity index is 0.837. The van der Waals surface area contributed by atoms with Crippen molar-refractivity contribution >= 4 is 11.4 Å². The summed E-state index contributed by atoms with van der Waals surface area (Å²) in [5.41, 5.74) is 8.30. The van der Waals surface area contributed by atoms with E-state index in [0.29, 0.717) is 52.4 Å². The Labute approximate surface area is 374 Å². The van der Waals surface area contributed by atoms with Gasteiger partial charge in [0.25, 0.3) is 0 Å². The summed E-state index contributed by atoms with van der Waals surface area (Å²) < 4.78 is 24.5. The van der Waals surface area contributed by atoms with Crippen LogP contribution >= 0.6 is 0 Å². The summed E-state index contributed by atoms with van der Waals surface area (Å²) >= 11 is 0. The van der Waals surface area contributed by atoms with E-state index in [-0.39, 0.29) is 25.3 Å². The molecule has 0 amide bonds. The molecule has 4 aromatic rings. The average Bonchev–Trinajstić information content (AvgIpc) is 3.91. The number of aliphatic hydroxyl groups is 2. The van der Waals surface area contributed by atoms with E-state index < -0.39 is 0 Å². The number of nitrogens with one attached hydrogen (secondary N) is 2. The van der Waals surface area contributed by atoms with Crippen LogP contribution in [0.3, 0.4) is 0 Å². The van der Waals surface area contributed by atoms with Gasteiger partial charge >= 0.3 is 0 Å². The van der Waals surface area contributed by atoms with Crippen LogP contribution in [0.25, 0.3) is 0 Å². The predicted molar refractivity (Wildman–Crippen MR) is 249 cm³/mol. The van der Waals surface area contributed by atoms with Crippen LogP contribution in [0.1, 0.15) is 79.3 Å². The third-order valence-electron chi connectivity index (χ3n) is 11.6. The summed E-state index contributed by atoms with van der Waals surface area (Å²) in [7, 11) is 0. The lowest BCUT2D eigenvalue weighted by molar-refractivity contribution is 0.247. The highest BCUT2D eigenvalue weighted by atomic mass is 16.5. The summed E-state index contributed by atoms with van der Waals surface area (Å²) in [4.78, 5) is 4.46. The van der Waals surface area contributed by atoms with Crippen molar-refractivity contribution in [2.24, 2.45) is 0 Å². The van der Waals surface area contributed by atoms with Gasteiger partial charge in [0.2, 0.25) is 0 Å². The van der Waals surface area contributed by atoms with Gasteiger partial charge in [-0.1, -0.05) is 36.4 Å². The highest BCUT2D eigenvalue weighted by molar-refractivity contribution is 5.69. The van der Waals surface area contributed by atoms with Crippen molar-refractivity contribution in [1.82, 2.24) is 10.6 Å². The molecule has 4 aromatic carbocycles. The molecule has 0 saturated heterocycles. The molecular weight excluding hydrogens is 793 g/mol. The Bertz CT molecular complexity index is 1990. The van der Waals surface area contributed by atoms with Gasteiger partial charge < -0.3 is 49.6 Å². The van der Waals surface area contributed by atoms with Gasteiger partial charge in [-0.3, -0.25) is 0 Å². The van der Waals surface area contributed by atoms with Crippen molar-refractivity contribution in [1.29, 1.82) is 10.5 Å². The first-order valence-corrected chi connectivity index (χ1v) is 22.9. The highest BCUT2D eigenvalue weighted by Gasteiger charge is 2.25. The van der Waals surface area contributed by atoms with Gasteiger partial charge in [0.1, 0.15) is 25.4 Å².